The third-order valence-corrected chi connectivity index (χ3v) is 4.99. The molecule has 1 heterocycles. The highest BCUT2D eigenvalue weighted by molar-refractivity contribution is 7.18. The average Bonchev–Trinajstić information content (AvgIpc) is 3.17. The first-order chi connectivity index (χ1) is 13.2. The largest absolute Gasteiger partial charge is 0.480 e. The number of amides is 1. The molecule has 4 aromatic rings. The van der Waals surface area contributed by atoms with Gasteiger partial charge < -0.3 is 4.74 Å². The van der Waals surface area contributed by atoms with Gasteiger partial charge in [0.1, 0.15) is 10.8 Å². The van der Waals surface area contributed by atoms with E-state index in [4.69, 9.17) is 4.74 Å². The Bertz CT molecular complexity index is 1070. The van der Waals surface area contributed by atoms with Crippen LogP contribution in [0.1, 0.15) is 6.92 Å². The number of carbonyl (C=O) groups excluding carboxylic acids is 1. The predicted molar refractivity (Wildman–Crippen MR) is 108 cm³/mol. The molecule has 134 valence electrons. The van der Waals surface area contributed by atoms with Crippen molar-refractivity contribution in [3.8, 4) is 16.3 Å². The smallest absolute Gasteiger partial charge is 0.266 e. The molecule has 4 rings (SSSR count). The molecule has 3 aromatic carbocycles. The van der Waals surface area contributed by atoms with E-state index in [-0.39, 0.29) is 5.91 Å². The van der Waals surface area contributed by atoms with Gasteiger partial charge in [0.2, 0.25) is 5.13 Å². The molecule has 0 aliphatic heterocycles. The SMILES string of the molecule is C[C@@H](Oc1cccc2ccccc12)C(=O)Nc1nnc(-c2ccccc2)s1. The maximum atomic E-state index is 12.5. The molecule has 1 N–H and O–H groups in total. The topological polar surface area (TPSA) is 64.1 Å². The van der Waals surface area contributed by atoms with Gasteiger partial charge in [0.05, 0.1) is 0 Å². The van der Waals surface area contributed by atoms with Crippen molar-refractivity contribution in [3.63, 3.8) is 0 Å². The Kier molecular flexibility index (Phi) is 4.80. The summed E-state index contributed by atoms with van der Waals surface area (Å²) in [6, 6.07) is 23.4. The molecule has 0 bridgehead atoms. The van der Waals surface area contributed by atoms with E-state index >= 15 is 0 Å². The third kappa shape index (κ3) is 3.80. The van der Waals surface area contributed by atoms with Crippen molar-refractivity contribution in [3.05, 3.63) is 72.8 Å². The van der Waals surface area contributed by atoms with Gasteiger partial charge >= 0.3 is 0 Å². The van der Waals surface area contributed by atoms with E-state index in [1.807, 2.05) is 72.8 Å². The first-order valence-corrected chi connectivity index (χ1v) is 9.36. The highest BCUT2D eigenvalue weighted by Gasteiger charge is 2.18. The van der Waals surface area contributed by atoms with E-state index in [1.165, 1.54) is 11.3 Å². The standard InChI is InChI=1S/C21H17N3O2S/c1-14(26-18-13-7-11-15-8-5-6-12-17(15)18)19(25)22-21-24-23-20(27-21)16-9-3-2-4-10-16/h2-14H,1H3,(H,22,24,25)/t14-/m1/s1. The predicted octanol–water partition coefficient (Wildman–Crippen LogP) is 4.76. The summed E-state index contributed by atoms with van der Waals surface area (Å²) in [5, 5.41) is 14.2. The van der Waals surface area contributed by atoms with Crippen LogP contribution in [0.4, 0.5) is 5.13 Å². The number of hydrogen-bond acceptors (Lipinski definition) is 5. The van der Waals surface area contributed by atoms with E-state index in [2.05, 4.69) is 15.5 Å². The number of anilines is 1. The molecule has 0 radical (unpaired) electrons. The molecule has 0 fully saturated rings. The lowest BCUT2D eigenvalue weighted by atomic mass is 10.1. The molecular weight excluding hydrogens is 358 g/mol. The molecule has 27 heavy (non-hydrogen) atoms. The molecule has 1 amide bonds. The lowest BCUT2D eigenvalue weighted by molar-refractivity contribution is -0.122. The maximum Gasteiger partial charge on any atom is 0.266 e. The molecule has 0 aliphatic rings. The quantitative estimate of drug-likeness (QED) is 0.546. The van der Waals surface area contributed by atoms with Crippen LogP contribution < -0.4 is 10.1 Å². The van der Waals surface area contributed by atoms with Gasteiger partial charge in [-0.3, -0.25) is 10.1 Å². The minimum Gasteiger partial charge on any atom is -0.480 e. The van der Waals surface area contributed by atoms with Crippen molar-refractivity contribution in [2.24, 2.45) is 0 Å². The monoisotopic (exact) mass is 375 g/mol. The van der Waals surface area contributed by atoms with Crippen LogP contribution in [0.25, 0.3) is 21.3 Å². The normalized spacial score (nSPS) is 11.9. The Labute approximate surface area is 160 Å². The number of nitrogens with zero attached hydrogens (tertiary/aromatic N) is 2. The van der Waals surface area contributed by atoms with Gasteiger partial charge in [0, 0.05) is 10.9 Å². The van der Waals surface area contributed by atoms with Crippen molar-refractivity contribution in [1.82, 2.24) is 10.2 Å². The molecule has 0 aliphatic carbocycles. The summed E-state index contributed by atoms with van der Waals surface area (Å²) < 4.78 is 5.90. The second kappa shape index (κ2) is 7.55. The molecule has 0 saturated carbocycles. The number of benzene rings is 3. The summed E-state index contributed by atoms with van der Waals surface area (Å²) in [5.74, 6) is 0.414. The Morgan fingerprint density at radius 1 is 0.963 bits per heavy atom. The average molecular weight is 375 g/mol. The fraction of sp³-hybridized carbons (Fsp3) is 0.0952. The number of rotatable bonds is 5. The fourth-order valence-corrected chi connectivity index (χ4v) is 3.47. The first kappa shape index (κ1) is 17.2. The van der Waals surface area contributed by atoms with Crippen molar-refractivity contribution >= 4 is 33.1 Å². The minimum atomic E-state index is -0.667. The van der Waals surface area contributed by atoms with E-state index in [9.17, 15) is 4.79 Å². The highest BCUT2D eigenvalue weighted by atomic mass is 32.1. The number of fused-ring (bicyclic) bond motifs is 1. The molecular formula is C21H17N3O2S. The summed E-state index contributed by atoms with van der Waals surface area (Å²) >= 11 is 1.33. The van der Waals surface area contributed by atoms with Gasteiger partial charge in [-0.1, -0.05) is 78.1 Å². The number of aromatic nitrogens is 2. The Morgan fingerprint density at radius 3 is 2.56 bits per heavy atom. The van der Waals surface area contributed by atoms with Gasteiger partial charge in [-0.2, -0.15) is 0 Å². The van der Waals surface area contributed by atoms with Crippen molar-refractivity contribution < 1.29 is 9.53 Å². The zero-order valence-corrected chi connectivity index (χ0v) is 15.4. The second-order valence-electron chi connectivity index (χ2n) is 6.01. The lowest BCUT2D eigenvalue weighted by Gasteiger charge is -2.15. The molecule has 1 aromatic heterocycles. The zero-order chi connectivity index (χ0) is 18.6. The lowest BCUT2D eigenvalue weighted by Crippen LogP contribution is -2.30. The highest BCUT2D eigenvalue weighted by Crippen LogP contribution is 2.28. The van der Waals surface area contributed by atoms with E-state index in [0.29, 0.717) is 10.9 Å². The van der Waals surface area contributed by atoms with Crippen LogP contribution >= 0.6 is 11.3 Å². The van der Waals surface area contributed by atoms with Crippen LogP contribution in [0.2, 0.25) is 0 Å². The molecule has 1 atom stereocenters. The van der Waals surface area contributed by atoms with Crippen molar-refractivity contribution in [2.45, 2.75) is 13.0 Å². The molecule has 5 nitrogen and oxygen atoms in total. The van der Waals surface area contributed by atoms with Gasteiger partial charge in [-0.25, -0.2) is 0 Å². The Morgan fingerprint density at radius 2 is 1.70 bits per heavy atom. The number of nitrogens with one attached hydrogen (secondary N) is 1. The van der Waals surface area contributed by atoms with Gasteiger partial charge in [0.15, 0.2) is 6.10 Å². The Hall–Kier alpha value is -3.25. The summed E-state index contributed by atoms with van der Waals surface area (Å²) in [7, 11) is 0. The zero-order valence-electron chi connectivity index (χ0n) is 14.6. The van der Waals surface area contributed by atoms with Crippen LogP contribution in [0.15, 0.2) is 72.8 Å². The van der Waals surface area contributed by atoms with E-state index < -0.39 is 6.10 Å². The first-order valence-electron chi connectivity index (χ1n) is 8.55. The van der Waals surface area contributed by atoms with Crippen LogP contribution in [0, 0.1) is 0 Å². The maximum absolute atomic E-state index is 12.5. The van der Waals surface area contributed by atoms with Crippen LogP contribution in [0.5, 0.6) is 5.75 Å². The number of ether oxygens (including phenoxy) is 1. The fourth-order valence-electron chi connectivity index (χ4n) is 2.72. The molecule has 0 saturated heterocycles. The molecule has 0 unspecified atom stereocenters. The Balaban J connectivity index is 1.46. The van der Waals surface area contributed by atoms with Crippen LogP contribution in [0.3, 0.4) is 0 Å². The van der Waals surface area contributed by atoms with Crippen LogP contribution in [-0.2, 0) is 4.79 Å². The number of hydrogen-bond donors (Lipinski definition) is 1. The summed E-state index contributed by atoms with van der Waals surface area (Å²) in [4.78, 5) is 12.5. The van der Waals surface area contributed by atoms with E-state index in [1.54, 1.807) is 6.92 Å². The van der Waals surface area contributed by atoms with Crippen molar-refractivity contribution in [2.75, 3.05) is 5.32 Å². The second-order valence-corrected chi connectivity index (χ2v) is 6.98. The summed E-state index contributed by atoms with van der Waals surface area (Å²) in [5.41, 5.74) is 0.968. The minimum absolute atomic E-state index is 0.265. The van der Waals surface area contributed by atoms with E-state index in [0.717, 1.165) is 21.3 Å². The summed E-state index contributed by atoms with van der Waals surface area (Å²) in [6.45, 7) is 1.72. The number of carbonyl (C=O) groups is 1. The summed E-state index contributed by atoms with van der Waals surface area (Å²) in [6.07, 6.45) is -0.667. The molecule has 6 heteroatoms. The van der Waals surface area contributed by atoms with Gasteiger partial charge in [-0.05, 0) is 18.4 Å². The van der Waals surface area contributed by atoms with Crippen LogP contribution in [-0.4, -0.2) is 22.2 Å². The van der Waals surface area contributed by atoms with Gasteiger partial charge in [0.25, 0.3) is 5.91 Å². The van der Waals surface area contributed by atoms with Crippen molar-refractivity contribution in [1.29, 1.82) is 0 Å². The van der Waals surface area contributed by atoms with Gasteiger partial charge in [-0.15, -0.1) is 10.2 Å². The third-order valence-electron chi connectivity index (χ3n) is 4.10. The molecule has 0 spiro atoms.